The lowest BCUT2D eigenvalue weighted by Crippen LogP contribution is -2.31. The maximum absolute atomic E-state index is 2.52. The van der Waals surface area contributed by atoms with Gasteiger partial charge in [-0.15, -0.1) is 22.7 Å². The van der Waals surface area contributed by atoms with E-state index >= 15 is 0 Å². The van der Waals surface area contributed by atoms with Crippen LogP contribution in [0.1, 0.15) is 129 Å². The van der Waals surface area contributed by atoms with Gasteiger partial charge in [-0.1, -0.05) is 51.4 Å². The van der Waals surface area contributed by atoms with E-state index in [-0.39, 0.29) is 0 Å². The normalized spacial score (nSPS) is 38.8. The summed E-state index contributed by atoms with van der Waals surface area (Å²) in [5, 5.41) is 0. The second kappa shape index (κ2) is 7.34. The highest BCUT2D eigenvalue weighted by molar-refractivity contribution is 7.28. The van der Waals surface area contributed by atoms with E-state index in [0.29, 0.717) is 0 Å². The summed E-state index contributed by atoms with van der Waals surface area (Å²) in [4.78, 5) is 3.73. The third kappa shape index (κ3) is 2.68. The second-order valence-electron chi connectivity index (χ2n) is 11.6. The van der Waals surface area contributed by atoms with E-state index in [2.05, 4.69) is 29.6 Å². The minimum Gasteiger partial charge on any atom is -0.138 e. The lowest BCUT2D eigenvalue weighted by atomic mass is 9.62. The second-order valence-corrected chi connectivity index (χ2v) is 13.7. The summed E-state index contributed by atoms with van der Waals surface area (Å²) in [5.74, 6) is 6.88. The number of hydrogen-bond acceptors (Lipinski definition) is 2. The average molecular weight is 439 g/mol. The number of fused-ring (bicyclic) bond motifs is 8. The van der Waals surface area contributed by atoms with Gasteiger partial charge in [0.05, 0.1) is 0 Å². The molecule has 2 aromatic rings. The van der Waals surface area contributed by atoms with Gasteiger partial charge in [0, 0.05) is 19.2 Å². The fourth-order valence-electron chi connectivity index (χ4n) is 9.19. The van der Waals surface area contributed by atoms with Crippen molar-refractivity contribution in [2.45, 2.75) is 115 Å². The van der Waals surface area contributed by atoms with Gasteiger partial charge in [-0.05, 0) is 98.0 Å². The Balaban J connectivity index is 1.33. The predicted molar refractivity (Wildman–Crippen MR) is 131 cm³/mol. The molecule has 0 saturated heterocycles. The van der Waals surface area contributed by atoms with Crippen LogP contribution >= 0.6 is 22.7 Å². The van der Waals surface area contributed by atoms with Crippen LogP contribution in [0.2, 0.25) is 0 Å². The lowest BCUT2D eigenvalue weighted by Gasteiger charge is -2.43. The van der Waals surface area contributed by atoms with Gasteiger partial charge in [-0.25, -0.2) is 0 Å². The summed E-state index contributed by atoms with van der Waals surface area (Å²) in [7, 11) is 0. The molecule has 5 aliphatic rings. The van der Waals surface area contributed by atoms with Crippen molar-refractivity contribution in [1.82, 2.24) is 0 Å². The molecule has 0 N–H and O–H groups in total. The van der Waals surface area contributed by atoms with E-state index in [1.807, 2.05) is 15.3 Å². The molecule has 2 heteroatoms. The monoisotopic (exact) mass is 438 g/mol. The van der Waals surface area contributed by atoms with Crippen molar-refractivity contribution in [1.29, 1.82) is 0 Å². The van der Waals surface area contributed by atoms with Crippen LogP contribution in [-0.4, -0.2) is 0 Å². The van der Waals surface area contributed by atoms with Gasteiger partial charge in [-0.2, -0.15) is 0 Å². The fraction of sp³-hybridized carbons (Fsp3) is 0.786. The van der Waals surface area contributed by atoms with Crippen molar-refractivity contribution < 1.29 is 0 Å². The van der Waals surface area contributed by atoms with Crippen LogP contribution in [0.5, 0.6) is 0 Å². The Morgan fingerprint density at radius 2 is 1.10 bits per heavy atom. The van der Waals surface area contributed by atoms with Crippen molar-refractivity contribution in [3.8, 4) is 0 Å². The fourth-order valence-corrected chi connectivity index (χ4v) is 12.6. The molecular weight excluding hydrogens is 400 g/mol. The molecule has 0 bridgehead atoms. The summed E-state index contributed by atoms with van der Waals surface area (Å²) >= 11 is 4.59. The molecule has 2 aromatic heterocycles. The summed E-state index contributed by atoms with van der Waals surface area (Å²) in [6.45, 7) is 2.52. The zero-order chi connectivity index (χ0) is 19.8. The van der Waals surface area contributed by atoms with Crippen LogP contribution in [0, 0.1) is 30.6 Å². The van der Waals surface area contributed by atoms with E-state index in [4.69, 9.17) is 0 Å². The average Bonchev–Trinajstić information content (AvgIpc) is 3.55. The molecule has 6 unspecified atom stereocenters. The maximum Gasteiger partial charge on any atom is 0.0494 e. The molecule has 0 spiro atoms. The zero-order valence-corrected chi connectivity index (χ0v) is 20.4. The molecule has 0 aromatic carbocycles. The molecule has 0 amide bonds. The molecule has 7 rings (SSSR count). The molecule has 30 heavy (non-hydrogen) atoms. The zero-order valence-electron chi connectivity index (χ0n) is 18.8. The first-order valence-corrected chi connectivity index (χ1v) is 15.0. The molecule has 6 atom stereocenters. The quantitative estimate of drug-likeness (QED) is 0.438. The third-order valence-corrected chi connectivity index (χ3v) is 13.5. The highest BCUT2D eigenvalue weighted by atomic mass is 32.1. The van der Waals surface area contributed by atoms with Gasteiger partial charge in [0.25, 0.3) is 0 Å². The largest absolute Gasteiger partial charge is 0.138 e. The third-order valence-electron chi connectivity index (χ3n) is 10.4. The van der Waals surface area contributed by atoms with Crippen molar-refractivity contribution in [2.24, 2.45) is 23.7 Å². The SMILES string of the molecule is Cc1c(C2CCCC2C2CCCC2)sc2c3c(sc12)C1CCCC1C1CCCCC31. The number of hydrogen-bond donors (Lipinski definition) is 0. The first-order valence-electron chi connectivity index (χ1n) is 13.4. The molecule has 2 heterocycles. The molecule has 0 aliphatic heterocycles. The van der Waals surface area contributed by atoms with E-state index in [1.54, 1.807) is 15.0 Å². The summed E-state index contributed by atoms with van der Waals surface area (Å²) in [6, 6.07) is 0. The van der Waals surface area contributed by atoms with Crippen LogP contribution in [0.25, 0.3) is 9.40 Å². The first kappa shape index (κ1) is 19.2. The Bertz CT molecular complexity index is 942. The van der Waals surface area contributed by atoms with E-state index < -0.39 is 0 Å². The molecule has 0 nitrogen and oxygen atoms in total. The molecule has 0 radical (unpaired) electrons. The van der Waals surface area contributed by atoms with Crippen LogP contribution in [0.3, 0.4) is 0 Å². The smallest absolute Gasteiger partial charge is 0.0494 e. The molecule has 5 aliphatic carbocycles. The Hall–Kier alpha value is -0.340. The van der Waals surface area contributed by atoms with E-state index in [0.717, 1.165) is 41.4 Å². The van der Waals surface area contributed by atoms with Crippen molar-refractivity contribution in [2.75, 3.05) is 0 Å². The van der Waals surface area contributed by atoms with Gasteiger partial charge >= 0.3 is 0 Å². The van der Waals surface area contributed by atoms with Crippen LogP contribution in [-0.2, 0) is 0 Å². The van der Waals surface area contributed by atoms with Crippen molar-refractivity contribution in [3.63, 3.8) is 0 Å². The first-order chi connectivity index (χ1) is 14.8. The highest BCUT2D eigenvalue weighted by Gasteiger charge is 2.48. The van der Waals surface area contributed by atoms with Gasteiger partial charge in [0.15, 0.2) is 0 Å². The Labute approximate surface area is 190 Å². The standard InChI is InChI=1S/C28H38S2/c1-16-25(22-14-6-12-18(22)17-8-2-3-9-17)29-28-24-21-11-5-4-10-19(21)20-13-7-15-23(20)27(24)30-26(16)28/h17-23H,2-15H2,1H3. The Morgan fingerprint density at radius 1 is 0.533 bits per heavy atom. The molecular formula is C28H38S2. The van der Waals surface area contributed by atoms with E-state index in [9.17, 15) is 0 Å². The maximum atomic E-state index is 2.52. The highest BCUT2D eigenvalue weighted by Crippen LogP contribution is 2.63. The number of rotatable bonds is 2. The topological polar surface area (TPSA) is 0 Å². The summed E-state index contributed by atoms with van der Waals surface area (Å²) < 4.78 is 3.54. The minimum atomic E-state index is 0.901. The molecule has 4 fully saturated rings. The van der Waals surface area contributed by atoms with Crippen molar-refractivity contribution in [3.05, 3.63) is 20.9 Å². The Kier molecular flexibility index (Phi) is 4.69. The minimum absolute atomic E-state index is 0.901. The number of thiophene rings is 2. The van der Waals surface area contributed by atoms with Gasteiger partial charge in [0.2, 0.25) is 0 Å². The Morgan fingerprint density at radius 3 is 1.93 bits per heavy atom. The van der Waals surface area contributed by atoms with Crippen LogP contribution < -0.4 is 0 Å². The summed E-state index contributed by atoms with van der Waals surface area (Å²) in [6.07, 6.45) is 21.1. The van der Waals surface area contributed by atoms with Crippen molar-refractivity contribution >= 4 is 32.1 Å². The number of aryl methyl sites for hydroxylation is 1. The van der Waals surface area contributed by atoms with Gasteiger partial charge in [0.1, 0.15) is 0 Å². The molecule has 162 valence electrons. The van der Waals surface area contributed by atoms with E-state index in [1.165, 1.54) is 89.9 Å². The van der Waals surface area contributed by atoms with Gasteiger partial charge < -0.3 is 0 Å². The summed E-state index contributed by atoms with van der Waals surface area (Å²) in [5.41, 5.74) is 3.64. The van der Waals surface area contributed by atoms with Crippen LogP contribution in [0.4, 0.5) is 0 Å². The van der Waals surface area contributed by atoms with Gasteiger partial charge in [-0.3, -0.25) is 0 Å². The van der Waals surface area contributed by atoms with Crippen LogP contribution in [0.15, 0.2) is 0 Å². The lowest BCUT2D eigenvalue weighted by molar-refractivity contribution is 0.185. The molecule has 4 saturated carbocycles. The predicted octanol–water partition coefficient (Wildman–Crippen LogP) is 9.52.